The van der Waals surface area contributed by atoms with Crippen molar-refractivity contribution >= 4 is 46.5 Å². The highest BCUT2D eigenvalue weighted by Gasteiger charge is 2.18. The van der Waals surface area contributed by atoms with Gasteiger partial charge in [0.25, 0.3) is 0 Å². The molecule has 0 fully saturated rings. The van der Waals surface area contributed by atoms with Gasteiger partial charge in [0, 0.05) is 26.2 Å². The molecule has 2 aliphatic rings. The van der Waals surface area contributed by atoms with Crippen LogP contribution in [0.5, 0.6) is 0 Å². The Kier molecular flexibility index (Phi) is 18.9. The normalized spacial score (nSPS) is 15.4. The van der Waals surface area contributed by atoms with Gasteiger partial charge in [-0.3, -0.25) is 0 Å². The summed E-state index contributed by atoms with van der Waals surface area (Å²) in [6.07, 6.45) is 22.3. The lowest BCUT2D eigenvalue weighted by atomic mass is 10.0. The molecule has 0 radical (unpaired) electrons. The van der Waals surface area contributed by atoms with Crippen molar-refractivity contribution in [3.05, 3.63) is 34.9 Å². The number of hydrogen-bond acceptors (Lipinski definition) is 10. The molecule has 0 aromatic carbocycles. The summed E-state index contributed by atoms with van der Waals surface area (Å²) >= 11 is 2.74. The molecular weight excluding hydrogens is 597 g/mol. The molecule has 4 rings (SSSR count). The van der Waals surface area contributed by atoms with Gasteiger partial charge in [-0.25, -0.2) is 9.59 Å². The fraction of sp³-hybridized carbons (Fsp3) is 0.688. The Hall–Kier alpha value is -2.54. The molecule has 0 amide bonds. The lowest BCUT2D eigenvalue weighted by molar-refractivity contribution is -0.159. The van der Waals surface area contributed by atoms with Crippen LogP contribution in [0.2, 0.25) is 0 Å². The first-order valence-electron chi connectivity index (χ1n) is 16.1. The molecule has 0 unspecified atom stereocenters. The Morgan fingerprint density at radius 3 is 1.39 bits per heavy atom. The third kappa shape index (κ3) is 14.5. The minimum absolute atomic E-state index is 1.02. The van der Waals surface area contributed by atoms with Gasteiger partial charge >= 0.3 is 11.9 Å². The van der Waals surface area contributed by atoms with E-state index in [1.54, 1.807) is 0 Å². The Balaban J connectivity index is 0.000000260. The summed E-state index contributed by atoms with van der Waals surface area (Å²) in [5, 5.41) is 14.8. The second-order valence-electron chi connectivity index (χ2n) is 11.6. The van der Waals surface area contributed by atoms with E-state index in [1.165, 1.54) is 122 Å². The topological polar surface area (TPSA) is 133 Å². The number of aliphatic carboxylic acids is 2. The lowest BCUT2D eigenvalue weighted by Gasteiger charge is -2.22. The fourth-order valence-corrected chi connectivity index (χ4v) is 6.39. The Morgan fingerprint density at radius 1 is 0.659 bits per heavy atom. The van der Waals surface area contributed by atoms with Crippen molar-refractivity contribution in [1.82, 2.24) is 27.3 Å². The van der Waals surface area contributed by atoms with Gasteiger partial charge in [0.15, 0.2) is 0 Å². The monoisotopic (exact) mass is 648 g/mol. The molecule has 0 aliphatic carbocycles. The molecule has 0 saturated carbocycles. The van der Waals surface area contributed by atoms with Gasteiger partial charge in [-0.1, -0.05) is 77.4 Å². The predicted octanol–water partition coefficient (Wildman–Crippen LogP) is 6.70. The zero-order valence-electron chi connectivity index (χ0n) is 27.1. The van der Waals surface area contributed by atoms with Gasteiger partial charge in [0.2, 0.25) is 0 Å². The molecule has 2 N–H and O–H groups in total. The van der Waals surface area contributed by atoms with Crippen LogP contribution in [0.25, 0.3) is 11.1 Å². The molecule has 0 atom stereocenters. The summed E-state index contributed by atoms with van der Waals surface area (Å²) in [6.45, 7) is 8.88. The SMILES string of the molecule is CCCCCCCc1nsnc1C1=CCCN(C)C1.CCCCCCCc1nsnc1C1=CCCN(C)C1.O=C(O)C(=O)O. The van der Waals surface area contributed by atoms with Crippen LogP contribution in [0.3, 0.4) is 0 Å². The number of carbonyl (C=O) groups is 2. The number of aromatic nitrogens is 4. The quantitative estimate of drug-likeness (QED) is 0.169. The molecule has 10 nitrogen and oxygen atoms in total. The average Bonchev–Trinajstić information content (AvgIpc) is 3.67. The summed E-state index contributed by atoms with van der Waals surface area (Å²) in [6, 6.07) is 0. The van der Waals surface area contributed by atoms with E-state index in [1.807, 2.05) is 0 Å². The standard InChI is InChI=1S/2C15H25N3S.C2H2O4/c2*1-3-4-5-6-7-10-14-15(17-19-16-14)13-9-8-11-18(2)12-13;3-1(4)2(5)6/h2*9H,3-8,10-12H2,1-2H3;(H,3,4)(H,5,6). The van der Waals surface area contributed by atoms with Crippen LogP contribution < -0.4 is 0 Å². The highest BCUT2D eigenvalue weighted by atomic mass is 32.1. The van der Waals surface area contributed by atoms with E-state index >= 15 is 0 Å². The van der Waals surface area contributed by atoms with Crippen LogP contribution in [-0.2, 0) is 22.4 Å². The molecule has 2 aliphatic heterocycles. The number of carboxylic acids is 2. The zero-order valence-corrected chi connectivity index (χ0v) is 28.7. The van der Waals surface area contributed by atoms with Gasteiger partial charge in [0.05, 0.1) is 34.8 Å². The van der Waals surface area contributed by atoms with Gasteiger partial charge in [-0.15, -0.1) is 0 Å². The van der Waals surface area contributed by atoms with E-state index in [9.17, 15) is 0 Å². The van der Waals surface area contributed by atoms with Gasteiger partial charge in [-0.05, 0) is 63.8 Å². The van der Waals surface area contributed by atoms with Crippen molar-refractivity contribution in [3.8, 4) is 0 Å². The zero-order chi connectivity index (χ0) is 32.2. The van der Waals surface area contributed by atoms with Crippen LogP contribution in [0.15, 0.2) is 12.2 Å². The summed E-state index contributed by atoms with van der Waals surface area (Å²) in [4.78, 5) is 22.9. The summed E-state index contributed by atoms with van der Waals surface area (Å²) in [5.74, 6) is -3.65. The van der Waals surface area contributed by atoms with Crippen molar-refractivity contribution in [1.29, 1.82) is 0 Å². The number of hydrogen-bond donors (Lipinski definition) is 2. The minimum atomic E-state index is -1.82. The fourth-order valence-electron chi connectivity index (χ4n) is 5.15. The number of carboxylic acid groups (broad SMARTS) is 2. The van der Waals surface area contributed by atoms with Gasteiger partial charge < -0.3 is 20.0 Å². The number of rotatable bonds is 14. The molecule has 0 saturated heterocycles. The second kappa shape index (κ2) is 22.0. The summed E-state index contributed by atoms with van der Waals surface area (Å²) in [5.41, 5.74) is 7.56. The molecule has 2 aromatic heterocycles. The maximum Gasteiger partial charge on any atom is 0.414 e. The molecule has 12 heteroatoms. The molecule has 0 spiro atoms. The van der Waals surface area contributed by atoms with E-state index in [4.69, 9.17) is 19.8 Å². The van der Waals surface area contributed by atoms with Crippen LogP contribution in [0.1, 0.15) is 114 Å². The highest BCUT2D eigenvalue weighted by molar-refractivity contribution is 6.99. The van der Waals surface area contributed by atoms with Crippen LogP contribution in [0, 0.1) is 0 Å². The third-order valence-electron chi connectivity index (χ3n) is 7.62. The largest absolute Gasteiger partial charge is 0.473 e. The Labute approximate surface area is 271 Å². The van der Waals surface area contributed by atoms with Crippen molar-refractivity contribution in [2.24, 2.45) is 0 Å². The number of unbranched alkanes of at least 4 members (excludes halogenated alkanes) is 8. The molecular formula is C32H52N6O4S2. The maximum absolute atomic E-state index is 9.10. The third-order valence-corrected chi connectivity index (χ3v) is 8.75. The van der Waals surface area contributed by atoms with E-state index in [2.05, 4.69) is 67.4 Å². The minimum Gasteiger partial charge on any atom is -0.473 e. The van der Waals surface area contributed by atoms with Crippen LogP contribution >= 0.6 is 23.5 Å². The number of likely N-dealkylation sites (N-methyl/N-ethyl adjacent to an activating group) is 2. The smallest absolute Gasteiger partial charge is 0.414 e. The van der Waals surface area contributed by atoms with E-state index in [0.717, 1.165) is 51.9 Å². The maximum atomic E-state index is 9.10. The second-order valence-corrected chi connectivity index (χ2v) is 12.6. The first kappa shape index (κ1) is 37.6. The van der Waals surface area contributed by atoms with Gasteiger partial charge in [0.1, 0.15) is 11.4 Å². The van der Waals surface area contributed by atoms with E-state index < -0.39 is 11.9 Å². The molecule has 2 aromatic rings. The molecule has 44 heavy (non-hydrogen) atoms. The van der Waals surface area contributed by atoms with Crippen LogP contribution in [-0.4, -0.2) is 89.7 Å². The van der Waals surface area contributed by atoms with Crippen molar-refractivity contribution in [2.75, 3.05) is 40.3 Å². The van der Waals surface area contributed by atoms with Crippen LogP contribution in [0.4, 0.5) is 0 Å². The average molecular weight is 649 g/mol. The number of aryl methyl sites for hydroxylation is 2. The summed E-state index contributed by atoms with van der Waals surface area (Å²) < 4.78 is 18.1. The first-order chi connectivity index (χ1) is 21.3. The van der Waals surface area contributed by atoms with Gasteiger partial charge in [-0.2, -0.15) is 17.5 Å². The van der Waals surface area contributed by atoms with Crippen molar-refractivity contribution in [3.63, 3.8) is 0 Å². The lowest BCUT2D eigenvalue weighted by Crippen LogP contribution is -2.25. The Morgan fingerprint density at radius 2 is 1.05 bits per heavy atom. The predicted molar refractivity (Wildman–Crippen MR) is 180 cm³/mol. The highest BCUT2D eigenvalue weighted by Crippen LogP contribution is 2.24. The molecule has 246 valence electrons. The first-order valence-corrected chi connectivity index (χ1v) is 17.6. The van der Waals surface area contributed by atoms with E-state index in [0.29, 0.717) is 0 Å². The number of nitrogens with zero attached hydrogens (tertiary/aromatic N) is 6. The van der Waals surface area contributed by atoms with Crippen molar-refractivity contribution < 1.29 is 19.8 Å². The Bertz CT molecular complexity index is 1090. The molecule has 4 heterocycles. The van der Waals surface area contributed by atoms with Crippen molar-refractivity contribution in [2.45, 2.75) is 104 Å². The molecule has 0 bridgehead atoms. The van der Waals surface area contributed by atoms with E-state index in [-0.39, 0.29) is 0 Å². The summed E-state index contributed by atoms with van der Waals surface area (Å²) in [7, 11) is 4.36.